The van der Waals surface area contributed by atoms with E-state index in [1.165, 1.54) is 24.3 Å². The standard InChI is InChI=1S/C10H5Cl2NO5S2/c11-6-1-3-7(4-2-6)18-20(16,17)9-5-8(13(14)15)10(12)19-9/h1-5H. The third-order valence-electron chi connectivity index (χ3n) is 2.11. The summed E-state index contributed by atoms with van der Waals surface area (Å²) in [6.07, 6.45) is 0. The molecule has 0 N–H and O–H groups in total. The van der Waals surface area contributed by atoms with Gasteiger partial charge in [-0.15, -0.1) is 11.3 Å². The summed E-state index contributed by atoms with van der Waals surface area (Å²) in [6, 6.07) is 6.50. The number of thiophene rings is 1. The van der Waals surface area contributed by atoms with E-state index in [1.807, 2.05) is 0 Å². The van der Waals surface area contributed by atoms with Crippen molar-refractivity contribution < 1.29 is 17.5 Å². The van der Waals surface area contributed by atoms with Gasteiger partial charge < -0.3 is 4.18 Å². The number of nitro groups is 1. The van der Waals surface area contributed by atoms with Crippen LogP contribution in [-0.2, 0) is 10.1 Å². The molecule has 0 unspecified atom stereocenters. The van der Waals surface area contributed by atoms with E-state index in [4.69, 9.17) is 27.4 Å². The summed E-state index contributed by atoms with van der Waals surface area (Å²) in [7, 11) is -4.17. The summed E-state index contributed by atoms with van der Waals surface area (Å²) in [5.74, 6) is 0.0431. The summed E-state index contributed by atoms with van der Waals surface area (Å²) < 4.78 is 28.2. The molecule has 1 heterocycles. The van der Waals surface area contributed by atoms with E-state index in [0.29, 0.717) is 16.4 Å². The van der Waals surface area contributed by atoms with E-state index >= 15 is 0 Å². The van der Waals surface area contributed by atoms with Crippen LogP contribution in [0.3, 0.4) is 0 Å². The molecule has 0 saturated carbocycles. The Morgan fingerprint density at radius 2 is 1.80 bits per heavy atom. The maximum absolute atomic E-state index is 11.9. The third-order valence-corrected chi connectivity index (χ3v) is 5.38. The monoisotopic (exact) mass is 353 g/mol. The highest BCUT2D eigenvalue weighted by atomic mass is 35.5. The van der Waals surface area contributed by atoms with E-state index in [9.17, 15) is 18.5 Å². The van der Waals surface area contributed by atoms with E-state index in [1.54, 1.807) is 0 Å². The Morgan fingerprint density at radius 3 is 2.30 bits per heavy atom. The fraction of sp³-hybridized carbons (Fsp3) is 0. The maximum atomic E-state index is 11.9. The van der Waals surface area contributed by atoms with Gasteiger partial charge in [-0.05, 0) is 24.3 Å². The molecule has 1 aromatic carbocycles. The van der Waals surface area contributed by atoms with Crippen LogP contribution in [0, 0.1) is 10.1 Å². The molecule has 20 heavy (non-hydrogen) atoms. The van der Waals surface area contributed by atoms with Crippen LogP contribution in [0.1, 0.15) is 0 Å². The lowest BCUT2D eigenvalue weighted by Crippen LogP contribution is -2.07. The first-order valence-corrected chi connectivity index (χ1v) is 7.91. The summed E-state index contributed by atoms with van der Waals surface area (Å²) in [5.41, 5.74) is -0.477. The van der Waals surface area contributed by atoms with Crippen LogP contribution in [-0.4, -0.2) is 13.3 Å². The van der Waals surface area contributed by atoms with Crippen molar-refractivity contribution in [2.45, 2.75) is 4.21 Å². The lowest BCUT2D eigenvalue weighted by Gasteiger charge is -2.04. The molecule has 10 heteroatoms. The highest BCUT2D eigenvalue weighted by Crippen LogP contribution is 2.37. The number of nitrogens with zero attached hydrogens (tertiary/aromatic N) is 1. The molecule has 2 rings (SSSR count). The topological polar surface area (TPSA) is 86.5 Å². The predicted molar refractivity (Wildman–Crippen MR) is 75.2 cm³/mol. The zero-order valence-electron chi connectivity index (χ0n) is 9.45. The molecule has 0 bridgehead atoms. The Hall–Kier alpha value is -1.35. The number of benzene rings is 1. The van der Waals surface area contributed by atoms with Crippen LogP contribution in [0.4, 0.5) is 5.69 Å². The minimum atomic E-state index is -4.17. The van der Waals surface area contributed by atoms with Gasteiger partial charge in [-0.25, -0.2) is 0 Å². The molecule has 1 aromatic heterocycles. The molecule has 0 atom stereocenters. The van der Waals surface area contributed by atoms with Crippen LogP contribution >= 0.6 is 34.5 Å². The lowest BCUT2D eigenvalue weighted by atomic mass is 10.3. The molecule has 106 valence electrons. The molecule has 0 amide bonds. The molecule has 0 radical (unpaired) electrons. The summed E-state index contributed by atoms with van der Waals surface area (Å²) in [4.78, 5) is 9.87. The zero-order chi connectivity index (χ0) is 14.9. The summed E-state index contributed by atoms with van der Waals surface area (Å²) in [6.45, 7) is 0. The fourth-order valence-corrected chi connectivity index (χ4v) is 3.93. The third kappa shape index (κ3) is 3.21. The highest BCUT2D eigenvalue weighted by molar-refractivity contribution is 7.89. The first-order chi connectivity index (χ1) is 9.29. The van der Waals surface area contributed by atoms with Gasteiger partial charge in [-0.3, -0.25) is 10.1 Å². The van der Waals surface area contributed by atoms with Gasteiger partial charge in [0.15, 0.2) is 8.55 Å². The van der Waals surface area contributed by atoms with Crippen molar-refractivity contribution in [2.75, 3.05) is 0 Å². The second-order valence-electron chi connectivity index (χ2n) is 3.47. The number of rotatable bonds is 4. The Balaban J connectivity index is 2.33. The van der Waals surface area contributed by atoms with Gasteiger partial charge in [0.2, 0.25) is 0 Å². The van der Waals surface area contributed by atoms with Gasteiger partial charge >= 0.3 is 10.1 Å². The smallest absolute Gasteiger partial charge is 0.349 e. The first-order valence-electron chi connectivity index (χ1n) is 4.93. The van der Waals surface area contributed by atoms with Crippen molar-refractivity contribution in [3.05, 3.63) is 49.8 Å². The van der Waals surface area contributed by atoms with E-state index in [-0.39, 0.29) is 14.3 Å². The molecular weight excluding hydrogens is 349 g/mol. The molecule has 0 aliphatic heterocycles. The van der Waals surface area contributed by atoms with Gasteiger partial charge in [-0.1, -0.05) is 23.2 Å². The molecule has 6 nitrogen and oxygen atoms in total. The Kier molecular flexibility index (Phi) is 4.19. The van der Waals surface area contributed by atoms with Crippen LogP contribution in [0.2, 0.25) is 9.36 Å². The van der Waals surface area contributed by atoms with Crippen LogP contribution in [0.15, 0.2) is 34.5 Å². The molecule has 0 fully saturated rings. The quantitative estimate of drug-likeness (QED) is 0.474. The minimum Gasteiger partial charge on any atom is -0.378 e. The summed E-state index contributed by atoms with van der Waals surface area (Å²) in [5, 5.41) is 11.1. The molecule has 0 aliphatic carbocycles. The second-order valence-corrected chi connectivity index (χ2v) is 7.34. The number of halogens is 2. The largest absolute Gasteiger partial charge is 0.378 e. The SMILES string of the molecule is O=[N+]([O-])c1cc(S(=O)(=O)Oc2ccc(Cl)cc2)sc1Cl. The second kappa shape index (κ2) is 5.57. The Bertz CT molecular complexity index is 754. The van der Waals surface area contributed by atoms with Crippen LogP contribution < -0.4 is 4.18 Å². The maximum Gasteiger partial charge on any atom is 0.349 e. The number of hydrogen-bond donors (Lipinski definition) is 0. The lowest BCUT2D eigenvalue weighted by molar-refractivity contribution is -0.384. The average Bonchev–Trinajstić information content (AvgIpc) is 2.75. The van der Waals surface area contributed by atoms with E-state index in [0.717, 1.165) is 6.07 Å². The molecule has 2 aromatic rings. The Morgan fingerprint density at radius 1 is 1.20 bits per heavy atom. The molecule has 0 spiro atoms. The van der Waals surface area contributed by atoms with Crippen molar-refractivity contribution in [2.24, 2.45) is 0 Å². The van der Waals surface area contributed by atoms with Gasteiger partial charge in [0.25, 0.3) is 5.69 Å². The molecular formula is C10H5Cl2NO5S2. The predicted octanol–water partition coefficient (Wildman–Crippen LogP) is 3.73. The van der Waals surface area contributed by atoms with E-state index < -0.39 is 20.7 Å². The van der Waals surface area contributed by atoms with E-state index in [2.05, 4.69) is 0 Å². The fourth-order valence-electron chi connectivity index (χ4n) is 1.24. The van der Waals surface area contributed by atoms with Crippen molar-refractivity contribution in [3.63, 3.8) is 0 Å². The first kappa shape index (κ1) is 15.0. The Labute approximate surface area is 127 Å². The van der Waals surface area contributed by atoms with Gasteiger partial charge in [0.05, 0.1) is 11.0 Å². The molecule has 0 saturated heterocycles. The van der Waals surface area contributed by atoms with Crippen molar-refractivity contribution in [1.29, 1.82) is 0 Å². The van der Waals surface area contributed by atoms with Crippen molar-refractivity contribution in [3.8, 4) is 5.75 Å². The van der Waals surface area contributed by atoms with Gasteiger partial charge in [0.1, 0.15) is 5.75 Å². The zero-order valence-corrected chi connectivity index (χ0v) is 12.6. The number of hydrogen-bond acceptors (Lipinski definition) is 6. The highest BCUT2D eigenvalue weighted by Gasteiger charge is 2.26. The van der Waals surface area contributed by atoms with Crippen molar-refractivity contribution in [1.82, 2.24) is 0 Å². The van der Waals surface area contributed by atoms with Crippen LogP contribution in [0.5, 0.6) is 5.75 Å². The average molecular weight is 354 g/mol. The summed E-state index contributed by atoms with van der Waals surface area (Å²) >= 11 is 11.8. The van der Waals surface area contributed by atoms with Crippen LogP contribution in [0.25, 0.3) is 0 Å². The molecule has 0 aliphatic rings. The minimum absolute atomic E-state index is 0.0431. The normalized spacial score (nSPS) is 11.3. The van der Waals surface area contributed by atoms with Gasteiger partial charge in [-0.2, -0.15) is 8.42 Å². The van der Waals surface area contributed by atoms with Gasteiger partial charge in [0, 0.05) is 5.02 Å². The van der Waals surface area contributed by atoms with Crippen molar-refractivity contribution >= 4 is 50.3 Å².